The fraction of sp³-hybridized carbons (Fsp3) is 0.500. The molecule has 6 heteroatoms. The van der Waals surface area contributed by atoms with Crippen molar-refractivity contribution in [1.29, 1.82) is 0 Å². The number of aliphatic hydroxyl groups is 1. The predicted octanol–water partition coefficient (Wildman–Crippen LogP) is 0.420. The molecular weight excluding hydrogens is 210 g/mol. The van der Waals surface area contributed by atoms with Gasteiger partial charge < -0.3 is 15.5 Å². The van der Waals surface area contributed by atoms with Crippen molar-refractivity contribution in [2.45, 2.75) is 25.3 Å². The highest BCUT2D eigenvalue weighted by Gasteiger charge is 2.42. The molecule has 0 unspecified atom stereocenters. The maximum Gasteiger partial charge on any atom is 0.354 e. The van der Waals surface area contributed by atoms with Crippen LogP contribution in [0, 0.1) is 6.92 Å². The third-order valence-electron chi connectivity index (χ3n) is 2.61. The molecule has 0 amide bonds. The van der Waals surface area contributed by atoms with Gasteiger partial charge in [-0.3, -0.25) is 0 Å². The normalized spacial score (nSPS) is 16.9. The number of hydrogen-bond acceptors (Lipinski definition) is 5. The van der Waals surface area contributed by atoms with Gasteiger partial charge in [-0.25, -0.2) is 14.8 Å². The molecule has 0 aromatic carbocycles. The Morgan fingerprint density at radius 3 is 2.75 bits per heavy atom. The summed E-state index contributed by atoms with van der Waals surface area (Å²) < 4.78 is 0. The first-order valence-corrected chi connectivity index (χ1v) is 5.03. The zero-order valence-corrected chi connectivity index (χ0v) is 8.90. The number of rotatable bonds is 4. The molecule has 1 saturated carbocycles. The van der Waals surface area contributed by atoms with Crippen LogP contribution in [0.5, 0.6) is 0 Å². The van der Waals surface area contributed by atoms with Gasteiger partial charge in [0.15, 0.2) is 5.69 Å². The molecule has 0 saturated heterocycles. The largest absolute Gasteiger partial charge is 0.477 e. The van der Waals surface area contributed by atoms with Crippen LogP contribution in [0.4, 0.5) is 5.95 Å². The second kappa shape index (κ2) is 3.71. The van der Waals surface area contributed by atoms with Crippen molar-refractivity contribution < 1.29 is 15.0 Å². The summed E-state index contributed by atoms with van der Waals surface area (Å²) in [5.74, 6) is -0.814. The van der Waals surface area contributed by atoms with Gasteiger partial charge in [0.25, 0.3) is 0 Å². The Morgan fingerprint density at radius 2 is 2.25 bits per heavy atom. The van der Waals surface area contributed by atoms with Crippen LogP contribution in [0.3, 0.4) is 0 Å². The number of aliphatic hydroxyl groups excluding tert-OH is 1. The summed E-state index contributed by atoms with van der Waals surface area (Å²) in [5.41, 5.74) is 0.205. The van der Waals surface area contributed by atoms with Crippen molar-refractivity contribution in [1.82, 2.24) is 9.97 Å². The van der Waals surface area contributed by atoms with E-state index < -0.39 is 5.97 Å². The number of nitrogens with zero attached hydrogens (tertiary/aromatic N) is 2. The van der Waals surface area contributed by atoms with Gasteiger partial charge in [0.05, 0.1) is 12.1 Å². The lowest BCUT2D eigenvalue weighted by atomic mass is 10.3. The first-order valence-electron chi connectivity index (χ1n) is 5.03. The minimum atomic E-state index is -1.08. The molecule has 0 atom stereocenters. The van der Waals surface area contributed by atoms with Gasteiger partial charge in [-0.1, -0.05) is 0 Å². The molecule has 0 spiro atoms. The fourth-order valence-corrected chi connectivity index (χ4v) is 1.44. The smallest absolute Gasteiger partial charge is 0.354 e. The minimum Gasteiger partial charge on any atom is -0.477 e. The van der Waals surface area contributed by atoms with Crippen LogP contribution in [0.25, 0.3) is 0 Å². The molecule has 1 heterocycles. The number of aromatic nitrogens is 2. The van der Waals surface area contributed by atoms with Crippen LogP contribution >= 0.6 is 0 Å². The zero-order chi connectivity index (χ0) is 11.8. The van der Waals surface area contributed by atoms with Gasteiger partial charge >= 0.3 is 5.97 Å². The summed E-state index contributed by atoms with van der Waals surface area (Å²) in [6, 6.07) is 1.41. The molecule has 86 valence electrons. The van der Waals surface area contributed by atoms with Gasteiger partial charge in [-0.15, -0.1) is 0 Å². The second-order valence-electron chi connectivity index (χ2n) is 4.09. The average Bonchev–Trinajstić information content (AvgIpc) is 2.97. The monoisotopic (exact) mass is 223 g/mol. The van der Waals surface area contributed by atoms with Crippen LogP contribution < -0.4 is 5.32 Å². The van der Waals surface area contributed by atoms with E-state index in [1.54, 1.807) is 6.92 Å². The highest BCUT2D eigenvalue weighted by Crippen LogP contribution is 2.37. The van der Waals surface area contributed by atoms with Crippen molar-refractivity contribution in [3.63, 3.8) is 0 Å². The van der Waals surface area contributed by atoms with E-state index in [2.05, 4.69) is 15.3 Å². The van der Waals surface area contributed by atoms with Crippen molar-refractivity contribution in [3.8, 4) is 0 Å². The number of hydrogen-bond donors (Lipinski definition) is 3. The van der Waals surface area contributed by atoms with E-state index >= 15 is 0 Å². The molecule has 3 N–H and O–H groups in total. The Morgan fingerprint density at radius 1 is 1.56 bits per heavy atom. The molecule has 1 fully saturated rings. The summed E-state index contributed by atoms with van der Waals surface area (Å²) in [6.07, 6.45) is 1.70. The minimum absolute atomic E-state index is 0.00665. The van der Waals surface area contributed by atoms with Crippen LogP contribution in [-0.4, -0.2) is 38.3 Å². The highest BCUT2D eigenvalue weighted by atomic mass is 16.4. The second-order valence-corrected chi connectivity index (χ2v) is 4.09. The van der Waals surface area contributed by atoms with Crippen molar-refractivity contribution in [2.75, 3.05) is 11.9 Å². The molecule has 0 bridgehead atoms. The Labute approximate surface area is 92.4 Å². The van der Waals surface area contributed by atoms with Gasteiger partial charge in [-0.2, -0.15) is 0 Å². The molecule has 1 aliphatic rings. The average molecular weight is 223 g/mol. The third kappa shape index (κ3) is 2.11. The van der Waals surface area contributed by atoms with E-state index in [1.807, 2.05) is 0 Å². The number of nitrogens with one attached hydrogen (secondary N) is 1. The third-order valence-corrected chi connectivity index (χ3v) is 2.61. The summed E-state index contributed by atoms with van der Waals surface area (Å²) in [7, 11) is 0. The highest BCUT2D eigenvalue weighted by molar-refractivity contribution is 5.85. The Balaban J connectivity index is 2.24. The lowest BCUT2D eigenvalue weighted by molar-refractivity contribution is 0.0690. The van der Waals surface area contributed by atoms with E-state index in [9.17, 15) is 4.79 Å². The van der Waals surface area contributed by atoms with Crippen molar-refractivity contribution >= 4 is 11.9 Å². The van der Waals surface area contributed by atoms with Crippen molar-refractivity contribution in [3.05, 3.63) is 17.5 Å². The van der Waals surface area contributed by atoms with Gasteiger partial charge in [0.2, 0.25) is 5.95 Å². The maximum absolute atomic E-state index is 10.8. The Kier molecular flexibility index (Phi) is 2.51. The van der Waals surface area contributed by atoms with E-state index in [0.29, 0.717) is 5.69 Å². The predicted molar refractivity (Wildman–Crippen MR) is 56.4 cm³/mol. The number of carboxylic acids is 1. The number of carboxylic acid groups (broad SMARTS) is 1. The fourth-order valence-electron chi connectivity index (χ4n) is 1.44. The summed E-state index contributed by atoms with van der Waals surface area (Å²) in [6.45, 7) is 1.71. The zero-order valence-electron chi connectivity index (χ0n) is 8.90. The molecule has 16 heavy (non-hydrogen) atoms. The van der Waals surface area contributed by atoms with Crippen LogP contribution in [0.15, 0.2) is 6.07 Å². The quantitative estimate of drug-likeness (QED) is 0.684. The van der Waals surface area contributed by atoms with Gasteiger partial charge in [0, 0.05) is 5.69 Å². The van der Waals surface area contributed by atoms with Crippen molar-refractivity contribution in [2.24, 2.45) is 0 Å². The van der Waals surface area contributed by atoms with Crippen LogP contribution in [-0.2, 0) is 0 Å². The lowest BCUT2D eigenvalue weighted by Gasteiger charge is -2.14. The van der Waals surface area contributed by atoms with E-state index in [1.165, 1.54) is 6.07 Å². The molecule has 0 aliphatic heterocycles. The van der Waals surface area contributed by atoms with Gasteiger partial charge in [0.1, 0.15) is 0 Å². The van der Waals surface area contributed by atoms with E-state index in [-0.39, 0.29) is 23.8 Å². The molecule has 1 aliphatic carbocycles. The van der Waals surface area contributed by atoms with Crippen LogP contribution in [0.1, 0.15) is 29.0 Å². The van der Waals surface area contributed by atoms with E-state index in [0.717, 1.165) is 12.8 Å². The molecule has 0 radical (unpaired) electrons. The van der Waals surface area contributed by atoms with Crippen LogP contribution in [0.2, 0.25) is 0 Å². The molecule has 2 rings (SSSR count). The molecule has 1 aromatic heterocycles. The molecule has 1 aromatic rings. The summed E-state index contributed by atoms with van der Waals surface area (Å²) in [5, 5.41) is 20.9. The molecular formula is C10H13N3O3. The number of anilines is 1. The SMILES string of the molecule is Cc1cc(C(=O)O)nc(NC2(CO)CC2)n1. The maximum atomic E-state index is 10.8. The number of aryl methyl sites for hydroxylation is 1. The lowest BCUT2D eigenvalue weighted by Crippen LogP contribution is -2.27. The Bertz CT molecular complexity index is 429. The topological polar surface area (TPSA) is 95.3 Å². The standard InChI is InChI=1S/C10H13N3O3/c1-6-4-7(8(15)16)12-9(11-6)13-10(5-14)2-3-10/h4,14H,2-3,5H2,1H3,(H,15,16)(H,11,12,13). The van der Waals surface area contributed by atoms with E-state index in [4.69, 9.17) is 10.2 Å². The Hall–Kier alpha value is -1.69. The molecule has 6 nitrogen and oxygen atoms in total. The number of aromatic carboxylic acids is 1. The first kappa shape index (κ1) is 10.8. The first-order chi connectivity index (χ1) is 7.54. The summed E-state index contributed by atoms with van der Waals surface area (Å²) >= 11 is 0. The van der Waals surface area contributed by atoms with Gasteiger partial charge in [-0.05, 0) is 25.8 Å². The number of carbonyl (C=O) groups is 1. The summed E-state index contributed by atoms with van der Waals surface area (Å²) in [4.78, 5) is 18.8.